The van der Waals surface area contributed by atoms with E-state index >= 15 is 0 Å². The average molecular weight is 265 g/mol. The monoisotopic (exact) mass is 265 g/mol. The molecular weight excluding hydrogens is 238 g/mol. The molecule has 2 N–H and O–H groups in total. The van der Waals surface area contributed by atoms with Crippen LogP contribution in [0.5, 0.6) is 0 Å². The van der Waals surface area contributed by atoms with Crippen molar-refractivity contribution in [2.24, 2.45) is 0 Å². The predicted molar refractivity (Wildman–Crippen MR) is 80.5 cm³/mol. The van der Waals surface area contributed by atoms with Crippen LogP contribution in [0.15, 0.2) is 18.3 Å². The van der Waals surface area contributed by atoms with Crippen molar-refractivity contribution in [1.29, 1.82) is 0 Å². The summed E-state index contributed by atoms with van der Waals surface area (Å²) in [5, 5.41) is 12.8. The number of aliphatic hydroxyl groups is 1. The second-order valence-corrected chi connectivity index (χ2v) is 5.18. The molecule has 0 amide bonds. The molecule has 0 saturated heterocycles. The fourth-order valence-corrected chi connectivity index (χ4v) is 1.89. The first-order chi connectivity index (χ1) is 9.04. The highest BCUT2D eigenvalue weighted by Gasteiger charge is 2.08. The third-order valence-electron chi connectivity index (χ3n) is 3.24. The Morgan fingerprint density at radius 1 is 1.42 bits per heavy atom. The zero-order valence-electron chi connectivity index (χ0n) is 12.6. The molecular formula is C15H27N3O. The van der Waals surface area contributed by atoms with E-state index in [1.807, 2.05) is 20.2 Å². The maximum atomic E-state index is 9.33. The smallest absolute Gasteiger partial charge is 0.128 e. The summed E-state index contributed by atoms with van der Waals surface area (Å²) in [6.07, 6.45) is 3.48. The van der Waals surface area contributed by atoms with Crippen molar-refractivity contribution in [3.05, 3.63) is 23.9 Å². The topological polar surface area (TPSA) is 48.4 Å². The van der Waals surface area contributed by atoms with Crippen LogP contribution < -0.4 is 10.2 Å². The molecule has 0 spiro atoms. The van der Waals surface area contributed by atoms with E-state index in [9.17, 15) is 5.11 Å². The van der Waals surface area contributed by atoms with Gasteiger partial charge in [-0.05, 0) is 50.9 Å². The van der Waals surface area contributed by atoms with Crippen LogP contribution >= 0.6 is 0 Å². The van der Waals surface area contributed by atoms with Crippen molar-refractivity contribution in [3.63, 3.8) is 0 Å². The Morgan fingerprint density at radius 2 is 2.16 bits per heavy atom. The van der Waals surface area contributed by atoms with Crippen molar-refractivity contribution >= 4 is 5.82 Å². The molecule has 1 heterocycles. The van der Waals surface area contributed by atoms with Gasteiger partial charge in [0.2, 0.25) is 0 Å². The number of hydrogen-bond acceptors (Lipinski definition) is 4. The molecule has 0 fully saturated rings. The Bertz CT molecular complexity index is 368. The van der Waals surface area contributed by atoms with E-state index in [0.717, 1.165) is 31.7 Å². The van der Waals surface area contributed by atoms with Crippen LogP contribution in [0.3, 0.4) is 0 Å². The summed E-state index contributed by atoms with van der Waals surface area (Å²) in [5.41, 5.74) is 1.25. The molecule has 0 radical (unpaired) electrons. The summed E-state index contributed by atoms with van der Waals surface area (Å²) >= 11 is 0. The van der Waals surface area contributed by atoms with Gasteiger partial charge in [-0.15, -0.1) is 0 Å². The van der Waals surface area contributed by atoms with E-state index in [-0.39, 0.29) is 6.10 Å². The lowest BCUT2D eigenvalue weighted by atomic mass is 10.1. The summed E-state index contributed by atoms with van der Waals surface area (Å²) in [4.78, 5) is 6.48. The van der Waals surface area contributed by atoms with E-state index in [1.54, 1.807) is 0 Å². The zero-order valence-corrected chi connectivity index (χ0v) is 12.6. The van der Waals surface area contributed by atoms with E-state index in [1.165, 1.54) is 5.56 Å². The summed E-state index contributed by atoms with van der Waals surface area (Å²) in [7, 11) is 2.01. The SMILES string of the molecule is CCCNC(C)c1ccnc(N(C)CCC(C)O)c1. The van der Waals surface area contributed by atoms with Gasteiger partial charge < -0.3 is 15.3 Å². The number of nitrogens with one attached hydrogen (secondary N) is 1. The van der Waals surface area contributed by atoms with Gasteiger partial charge in [0.15, 0.2) is 0 Å². The molecule has 0 aromatic carbocycles. The zero-order chi connectivity index (χ0) is 14.3. The quantitative estimate of drug-likeness (QED) is 0.757. The minimum atomic E-state index is -0.268. The molecule has 108 valence electrons. The average Bonchev–Trinajstić information content (AvgIpc) is 2.42. The number of rotatable bonds is 8. The molecule has 1 aromatic heterocycles. The Morgan fingerprint density at radius 3 is 2.79 bits per heavy atom. The van der Waals surface area contributed by atoms with Gasteiger partial charge in [0.05, 0.1) is 6.10 Å². The predicted octanol–water partition coefficient (Wildman–Crippen LogP) is 2.35. The van der Waals surface area contributed by atoms with Gasteiger partial charge in [-0.3, -0.25) is 0 Å². The van der Waals surface area contributed by atoms with Crippen molar-refractivity contribution < 1.29 is 5.11 Å². The third-order valence-corrected chi connectivity index (χ3v) is 3.24. The fraction of sp³-hybridized carbons (Fsp3) is 0.667. The molecule has 19 heavy (non-hydrogen) atoms. The molecule has 2 unspecified atom stereocenters. The lowest BCUT2D eigenvalue weighted by Crippen LogP contribution is -2.24. The van der Waals surface area contributed by atoms with Crippen molar-refractivity contribution in [1.82, 2.24) is 10.3 Å². The molecule has 1 rings (SSSR count). The third kappa shape index (κ3) is 5.57. The number of pyridine rings is 1. The van der Waals surface area contributed by atoms with Gasteiger partial charge in [0.25, 0.3) is 0 Å². The van der Waals surface area contributed by atoms with Crippen molar-refractivity contribution in [2.75, 3.05) is 25.0 Å². The van der Waals surface area contributed by atoms with Gasteiger partial charge >= 0.3 is 0 Å². The first-order valence-corrected chi connectivity index (χ1v) is 7.13. The van der Waals surface area contributed by atoms with E-state index in [2.05, 4.69) is 41.2 Å². The summed E-state index contributed by atoms with van der Waals surface area (Å²) < 4.78 is 0. The van der Waals surface area contributed by atoms with Gasteiger partial charge in [-0.2, -0.15) is 0 Å². The second kappa shape index (κ2) is 8.12. The summed E-state index contributed by atoms with van der Waals surface area (Å²) in [5.74, 6) is 0.961. The van der Waals surface area contributed by atoms with Crippen molar-refractivity contribution in [3.8, 4) is 0 Å². The Hall–Kier alpha value is -1.13. The number of anilines is 1. The maximum absolute atomic E-state index is 9.33. The van der Waals surface area contributed by atoms with Gasteiger partial charge in [-0.1, -0.05) is 6.92 Å². The lowest BCUT2D eigenvalue weighted by molar-refractivity contribution is 0.187. The minimum Gasteiger partial charge on any atom is -0.393 e. The van der Waals surface area contributed by atoms with Crippen LogP contribution in [0.25, 0.3) is 0 Å². The Kier molecular flexibility index (Phi) is 6.81. The number of aliphatic hydroxyl groups excluding tert-OH is 1. The molecule has 0 aliphatic rings. The normalized spacial score (nSPS) is 14.2. The Labute approximate surface area is 116 Å². The maximum Gasteiger partial charge on any atom is 0.128 e. The first-order valence-electron chi connectivity index (χ1n) is 7.13. The van der Waals surface area contributed by atoms with Crippen LogP contribution in [-0.4, -0.2) is 36.3 Å². The van der Waals surface area contributed by atoms with E-state index < -0.39 is 0 Å². The van der Waals surface area contributed by atoms with Crippen LogP contribution in [-0.2, 0) is 0 Å². The fourth-order valence-electron chi connectivity index (χ4n) is 1.89. The van der Waals surface area contributed by atoms with E-state index in [0.29, 0.717) is 6.04 Å². The van der Waals surface area contributed by atoms with Gasteiger partial charge in [-0.25, -0.2) is 4.98 Å². The highest BCUT2D eigenvalue weighted by Crippen LogP contribution is 2.17. The summed E-state index contributed by atoms with van der Waals surface area (Å²) in [6.45, 7) is 7.99. The van der Waals surface area contributed by atoms with Crippen LogP contribution in [0.1, 0.15) is 45.2 Å². The van der Waals surface area contributed by atoms with Crippen LogP contribution in [0.4, 0.5) is 5.82 Å². The lowest BCUT2D eigenvalue weighted by Gasteiger charge is -2.21. The standard InChI is InChI=1S/C15H27N3O/c1-5-8-16-13(3)14-6-9-17-15(11-14)18(4)10-7-12(2)19/h6,9,11-13,16,19H,5,7-8,10H2,1-4H3. The van der Waals surface area contributed by atoms with Gasteiger partial charge in [0, 0.05) is 25.8 Å². The van der Waals surface area contributed by atoms with Crippen LogP contribution in [0, 0.1) is 0 Å². The molecule has 4 nitrogen and oxygen atoms in total. The minimum absolute atomic E-state index is 0.268. The highest BCUT2D eigenvalue weighted by molar-refractivity contribution is 5.40. The Balaban J connectivity index is 2.65. The molecule has 1 aromatic rings. The largest absolute Gasteiger partial charge is 0.393 e. The molecule has 0 bridgehead atoms. The number of hydrogen-bond donors (Lipinski definition) is 2. The molecule has 0 aliphatic carbocycles. The van der Waals surface area contributed by atoms with Crippen LogP contribution in [0.2, 0.25) is 0 Å². The summed E-state index contributed by atoms with van der Waals surface area (Å²) in [6, 6.07) is 4.51. The van der Waals surface area contributed by atoms with E-state index in [4.69, 9.17) is 0 Å². The van der Waals surface area contributed by atoms with Gasteiger partial charge in [0.1, 0.15) is 5.82 Å². The molecule has 0 aliphatic heterocycles. The molecule has 4 heteroatoms. The van der Waals surface area contributed by atoms with Crippen molar-refractivity contribution in [2.45, 2.75) is 45.8 Å². The molecule has 0 saturated carbocycles. The number of nitrogens with zero attached hydrogens (tertiary/aromatic N) is 2. The first kappa shape index (κ1) is 15.9. The highest BCUT2D eigenvalue weighted by atomic mass is 16.3. The molecule has 2 atom stereocenters. The number of aromatic nitrogens is 1. The second-order valence-electron chi connectivity index (χ2n) is 5.18.